The highest BCUT2D eigenvalue weighted by molar-refractivity contribution is 7.13. The molecule has 1 aliphatic rings. The van der Waals surface area contributed by atoms with Crippen LogP contribution in [0.5, 0.6) is 0 Å². The fraction of sp³-hybridized carbons (Fsp3) is 0.320. The molecular weight excluding hydrogens is 406 g/mol. The van der Waals surface area contributed by atoms with Gasteiger partial charge in [0.05, 0.1) is 11.8 Å². The zero-order valence-electron chi connectivity index (χ0n) is 17.7. The Morgan fingerprint density at radius 2 is 1.97 bits per heavy atom. The first kappa shape index (κ1) is 21.2. The van der Waals surface area contributed by atoms with Crippen LogP contribution in [-0.2, 0) is 22.4 Å². The van der Waals surface area contributed by atoms with E-state index >= 15 is 0 Å². The number of amides is 2. The quantitative estimate of drug-likeness (QED) is 0.640. The fourth-order valence-electron chi connectivity index (χ4n) is 4.50. The maximum Gasteiger partial charge on any atom is 0.228 e. The summed E-state index contributed by atoms with van der Waals surface area (Å²) < 4.78 is 0. The van der Waals surface area contributed by atoms with E-state index in [9.17, 15) is 9.59 Å². The van der Waals surface area contributed by atoms with Gasteiger partial charge in [0.1, 0.15) is 0 Å². The molecule has 0 spiro atoms. The first-order chi connectivity index (χ1) is 15.1. The van der Waals surface area contributed by atoms with Gasteiger partial charge in [0.15, 0.2) is 0 Å². The Morgan fingerprint density at radius 3 is 2.71 bits per heavy atom. The Hall–Kier alpha value is -2.99. The van der Waals surface area contributed by atoms with E-state index < -0.39 is 5.41 Å². The number of thiophene rings is 1. The number of likely N-dealkylation sites (tertiary alicyclic amines) is 1. The maximum atomic E-state index is 13.2. The van der Waals surface area contributed by atoms with Gasteiger partial charge in [-0.25, -0.2) is 0 Å². The van der Waals surface area contributed by atoms with Crippen molar-refractivity contribution in [3.05, 3.63) is 77.4 Å². The molecule has 1 atom stereocenters. The summed E-state index contributed by atoms with van der Waals surface area (Å²) in [7, 11) is 1.68. The van der Waals surface area contributed by atoms with E-state index in [1.165, 1.54) is 4.88 Å². The van der Waals surface area contributed by atoms with Crippen molar-refractivity contribution in [3.63, 3.8) is 0 Å². The third-order valence-electron chi connectivity index (χ3n) is 6.03. The molecule has 0 radical (unpaired) electrons. The highest BCUT2D eigenvalue weighted by Gasteiger charge is 2.43. The van der Waals surface area contributed by atoms with Crippen molar-refractivity contribution in [1.82, 2.24) is 15.2 Å². The highest BCUT2D eigenvalue weighted by Crippen LogP contribution is 2.38. The zero-order valence-corrected chi connectivity index (χ0v) is 18.5. The normalized spacial score (nSPS) is 18.5. The Labute approximate surface area is 187 Å². The van der Waals surface area contributed by atoms with Crippen molar-refractivity contribution in [2.75, 3.05) is 20.1 Å². The molecule has 1 fully saturated rings. The van der Waals surface area contributed by atoms with Gasteiger partial charge in [-0.05, 0) is 54.0 Å². The van der Waals surface area contributed by atoms with Gasteiger partial charge in [0.25, 0.3) is 0 Å². The second kappa shape index (κ2) is 9.43. The van der Waals surface area contributed by atoms with Crippen LogP contribution in [0, 0.1) is 5.41 Å². The van der Waals surface area contributed by atoms with Crippen molar-refractivity contribution in [1.29, 1.82) is 0 Å². The van der Waals surface area contributed by atoms with Crippen LogP contribution in [0.3, 0.4) is 0 Å². The van der Waals surface area contributed by atoms with Crippen LogP contribution in [0.1, 0.15) is 24.1 Å². The van der Waals surface area contributed by atoms with Crippen LogP contribution in [-0.4, -0.2) is 41.8 Å². The van der Waals surface area contributed by atoms with Gasteiger partial charge in [-0.3, -0.25) is 14.6 Å². The molecule has 2 aromatic heterocycles. The molecule has 1 aromatic carbocycles. The molecule has 4 rings (SSSR count). The van der Waals surface area contributed by atoms with Gasteiger partial charge in [0, 0.05) is 36.9 Å². The lowest BCUT2D eigenvalue weighted by Crippen LogP contribution is -2.54. The number of aromatic nitrogens is 1. The second-order valence-corrected chi connectivity index (χ2v) is 9.04. The van der Waals surface area contributed by atoms with E-state index in [1.807, 2.05) is 41.3 Å². The molecule has 2 amide bonds. The van der Waals surface area contributed by atoms with Crippen molar-refractivity contribution < 1.29 is 9.59 Å². The van der Waals surface area contributed by atoms with Crippen LogP contribution >= 0.6 is 11.3 Å². The third kappa shape index (κ3) is 4.69. The molecule has 3 heterocycles. The standard InChI is InChI=1S/C25H27N3O2S/c1-26-24(30)25(17-19-8-2-3-10-21(19)22-11-6-15-31-22)12-7-14-28(18-25)23(29)16-20-9-4-5-13-27-20/h2-6,8-11,13,15H,7,12,14,16-18H2,1H3,(H,26,30)/t25-/m0/s1. The van der Waals surface area contributed by atoms with Crippen LogP contribution < -0.4 is 5.32 Å². The maximum absolute atomic E-state index is 13.2. The summed E-state index contributed by atoms with van der Waals surface area (Å²) >= 11 is 1.70. The van der Waals surface area contributed by atoms with E-state index in [4.69, 9.17) is 0 Å². The van der Waals surface area contributed by atoms with Gasteiger partial charge in [-0.15, -0.1) is 11.3 Å². The molecule has 1 N–H and O–H groups in total. The molecule has 0 bridgehead atoms. The lowest BCUT2D eigenvalue weighted by Gasteiger charge is -2.42. The first-order valence-corrected chi connectivity index (χ1v) is 11.5. The average molecular weight is 434 g/mol. The molecule has 3 aromatic rings. The lowest BCUT2D eigenvalue weighted by molar-refractivity contribution is -0.141. The monoisotopic (exact) mass is 433 g/mol. The van der Waals surface area contributed by atoms with Crippen LogP contribution in [0.4, 0.5) is 0 Å². The summed E-state index contributed by atoms with van der Waals surface area (Å²) in [6.45, 7) is 1.11. The van der Waals surface area contributed by atoms with Crippen LogP contribution in [0.15, 0.2) is 66.2 Å². The smallest absolute Gasteiger partial charge is 0.228 e. The molecular formula is C25H27N3O2S. The summed E-state index contributed by atoms with van der Waals surface area (Å²) in [5, 5.41) is 4.94. The fourth-order valence-corrected chi connectivity index (χ4v) is 5.29. The number of nitrogens with zero attached hydrogens (tertiary/aromatic N) is 2. The zero-order chi connectivity index (χ0) is 21.7. The van der Waals surface area contributed by atoms with Gasteiger partial charge < -0.3 is 10.2 Å². The summed E-state index contributed by atoms with van der Waals surface area (Å²) in [6, 6.07) is 18.0. The predicted molar refractivity (Wildman–Crippen MR) is 124 cm³/mol. The number of benzene rings is 1. The number of piperidine rings is 1. The third-order valence-corrected chi connectivity index (χ3v) is 6.93. The Bertz CT molecular complexity index is 1040. The molecule has 0 unspecified atom stereocenters. The lowest BCUT2D eigenvalue weighted by atomic mass is 9.73. The summed E-state index contributed by atoms with van der Waals surface area (Å²) in [6.07, 6.45) is 4.14. The van der Waals surface area contributed by atoms with Gasteiger partial charge >= 0.3 is 0 Å². The van der Waals surface area contributed by atoms with Crippen molar-refractivity contribution >= 4 is 23.2 Å². The molecule has 160 valence electrons. The number of hydrogen-bond donors (Lipinski definition) is 1. The van der Waals surface area contributed by atoms with Gasteiger partial charge in [0.2, 0.25) is 11.8 Å². The number of carbonyl (C=O) groups is 2. The Morgan fingerprint density at radius 1 is 1.13 bits per heavy atom. The second-order valence-electron chi connectivity index (χ2n) is 8.09. The Balaban J connectivity index is 1.60. The minimum Gasteiger partial charge on any atom is -0.359 e. The minimum absolute atomic E-state index is 0.00354. The van der Waals surface area contributed by atoms with E-state index in [0.717, 1.165) is 29.7 Å². The van der Waals surface area contributed by atoms with Crippen LogP contribution in [0.25, 0.3) is 10.4 Å². The number of carbonyl (C=O) groups excluding carboxylic acids is 2. The molecule has 5 nitrogen and oxygen atoms in total. The number of nitrogens with one attached hydrogen (secondary N) is 1. The molecule has 1 saturated heterocycles. The SMILES string of the molecule is CNC(=O)[C@]1(Cc2ccccc2-c2cccs2)CCCN(C(=O)Cc2ccccn2)C1. The largest absolute Gasteiger partial charge is 0.359 e. The number of rotatable bonds is 6. The highest BCUT2D eigenvalue weighted by atomic mass is 32.1. The number of hydrogen-bond acceptors (Lipinski definition) is 4. The minimum atomic E-state index is -0.639. The van der Waals surface area contributed by atoms with Gasteiger partial charge in [-0.1, -0.05) is 36.4 Å². The molecule has 6 heteroatoms. The summed E-state index contributed by atoms with van der Waals surface area (Å²) in [5.74, 6) is 0.0297. The summed E-state index contributed by atoms with van der Waals surface area (Å²) in [5.41, 5.74) is 2.43. The molecule has 1 aliphatic heterocycles. The van der Waals surface area contributed by atoms with E-state index in [0.29, 0.717) is 19.5 Å². The average Bonchev–Trinajstić information content (AvgIpc) is 3.34. The molecule has 0 aliphatic carbocycles. The summed E-state index contributed by atoms with van der Waals surface area (Å²) in [4.78, 5) is 33.5. The topological polar surface area (TPSA) is 62.3 Å². The number of pyridine rings is 1. The van der Waals surface area contributed by atoms with Crippen LogP contribution in [0.2, 0.25) is 0 Å². The Kier molecular flexibility index (Phi) is 6.47. The first-order valence-electron chi connectivity index (χ1n) is 10.6. The predicted octanol–water partition coefficient (Wildman–Crippen LogP) is 3.95. The van der Waals surface area contributed by atoms with Gasteiger partial charge in [-0.2, -0.15) is 0 Å². The van der Waals surface area contributed by atoms with E-state index in [-0.39, 0.29) is 18.2 Å². The van der Waals surface area contributed by atoms with E-state index in [2.05, 4.69) is 33.9 Å². The van der Waals surface area contributed by atoms with Crippen molar-refractivity contribution in [3.8, 4) is 10.4 Å². The molecule has 31 heavy (non-hydrogen) atoms. The van der Waals surface area contributed by atoms with E-state index in [1.54, 1.807) is 24.6 Å². The van der Waals surface area contributed by atoms with Crippen molar-refractivity contribution in [2.45, 2.75) is 25.7 Å². The van der Waals surface area contributed by atoms with Crippen molar-refractivity contribution in [2.24, 2.45) is 5.41 Å². The molecule has 0 saturated carbocycles.